The number of sulfone groups is 1. The maximum Gasteiger partial charge on any atom is 0.438 e. The first kappa shape index (κ1) is 23.3. The molecule has 0 spiro atoms. The highest BCUT2D eigenvalue weighted by Crippen LogP contribution is 2.37. The number of fused-ring (bicyclic) bond motifs is 1. The highest BCUT2D eigenvalue weighted by atomic mass is 32.2. The summed E-state index contributed by atoms with van der Waals surface area (Å²) in [5, 5.41) is 7.10. The topological polar surface area (TPSA) is 98.5 Å². The van der Waals surface area contributed by atoms with E-state index < -0.39 is 27.6 Å². The molecule has 0 radical (unpaired) electrons. The van der Waals surface area contributed by atoms with E-state index in [1.54, 1.807) is 19.1 Å². The molecule has 12 heteroatoms. The molecule has 178 valence electrons. The van der Waals surface area contributed by atoms with Gasteiger partial charge in [0, 0.05) is 5.69 Å². The predicted octanol–water partition coefficient (Wildman–Crippen LogP) is 4.56. The molecule has 2 heterocycles. The van der Waals surface area contributed by atoms with Crippen LogP contribution in [0.2, 0.25) is 0 Å². The lowest BCUT2D eigenvalue weighted by Crippen LogP contribution is -2.27. The molecular weight excluding hydrogens is 459 g/mol. The van der Waals surface area contributed by atoms with Crippen molar-refractivity contribution in [3.8, 4) is 5.88 Å². The summed E-state index contributed by atoms with van der Waals surface area (Å²) in [5.41, 5.74) is 0.0847. The van der Waals surface area contributed by atoms with Crippen molar-refractivity contribution < 1.29 is 26.3 Å². The van der Waals surface area contributed by atoms with E-state index in [2.05, 4.69) is 20.4 Å². The maximum absolute atomic E-state index is 13.5. The summed E-state index contributed by atoms with van der Waals surface area (Å²) < 4.78 is 72.0. The molecule has 1 aliphatic rings. The molecule has 0 saturated heterocycles. The Bertz CT molecular complexity index is 1280. The predicted molar refractivity (Wildman–Crippen MR) is 115 cm³/mol. The molecule has 0 unspecified atom stereocenters. The molecule has 1 aromatic carbocycles. The van der Waals surface area contributed by atoms with E-state index in [-0.39, 0.29) is 34.3 Å². The number of hydrogen-bond acceptors (Lipinski definition) is 7. The molecule has 4 rings (SSSR count). The van der Waals surface area contributed by atoms with Gasteiger partial charge in [0.25, 0.3) is 0 Å². The van der Waals surface area contributed by atoms with Gasteiger partial charge in [-0.3, -0.25) is 0 Å². The summed E-state index contributed by atoms with van der Waals surface area (Å²) in [6, 6.07) is 4.61. The van der Waals surface area contributed by atoms with Crippen molar-refractivity contribution in [2.24, 2.45) is 5.92 Å². The molecular formula is C21H24F3N5O3S. The molecule has 0 aliphatic heterocycles. The Morgan fingerprint density at radius 1 is 1.27 bits per heavy atom. The van der Waals surface area contributed by atoms with Gasteiger partial charge in [-0.1, -0.05) is 13.8 Å². The third-order valence-electron chi connectivity index (χ3n) is 5.29. The van der Waals surface area contributed by atoms with Crippen LogP contribution in [0.5, 0.6) is 5.88 Å². The average Bonchev–Trinajstić information content (AvgIpc) is 3.07. The van der Waals surface area contributed by atoms with Crippen molar-refractivity contribution in [3.05, 3.63) is 35.7 Å². The molecule has 0 bridgehead atoms. The van der Waals surface area contributed by atoms with Crippen LogP contribution in [0.25, 0.3) is 5.65 Å². The summed E-state index contributed by atoms with van der Waals surface area (Å²) >= 11 is 0. The molecule has 1 N–H and O–H groups in total. The number of ether oxygens (including phenoxy) is 1. The molecule has 1 saturated carbocycles. The number of aryl methyl sites for hydroxylation is 1. The van der Waals surface area contributed by atoms with Gasteiger partial charge in [-0.05, 0) is 55.9 Å². The Labute approximate surface area is 189 Å². The fourth-order valence-electron chi connectivity index (χ4n) is 3.46. The first-order valence-electron chi connectivity index (χ1n) is 10.5. The van der Waals surface area contributed by atoms with Gasteiger partial charge < -0.3 is 10.1 Å². The highest BCUT2D eigenvalue weighted by Gasteiger charge is 2.39. The number of anilines is 2. The van der Waals surface area contributed by atoms with Crippen molar-refractivity contribution >= 4 is 27.1 Å². The number of halogens is 3. The monoisotopic (exact) mass is 483 g/mol. The summed E-state index contributed by atoms with van der Waals surface area (Å²) in [6.07, 6.45) is -1.81. The van der Waals surface area contributed by atoms with E-state index in [4.69, 9.17) is 4.74 Å². The molecule has 33 heavy (non-hydrogen) atoms. The van der Waals surface area contributed by atoms with Gasteiger partial charge in [0.05, 0.1) is 16.8 Å². The van der Waals surface area contributed by atoms with Crippen molar-refractivity contribution in [3.63, 3.8) is 0 Å². The Hall–Kier alpha value is -2.89. The first-order valence-corrected chi connectivity index (χ1v) is 12.2. The van der Waals surface area contributed by atoms with E-state index in [9.17, 15) is 21.6 Å². The number of rotatable bonds is 7. The third kappa shape index (κ3) is 4.90. The van der Waals surface area contributed by atoms with Gasteiger partial charge in [0.15, 0.2) is 15.5 Å². The number of benzene rings is 1. The second-order valence-corrected chi connectivity index (χ2v) is 10.6. The lowest BCUT2D eigenvalue weighted by molar-refractivity contribution is -0.143. The van der Waals surface area contributed by atoms with Gasteiger partial charge in [-0.25, -0.2) is 13.4 Å². The maximum atomic E-state index is 13.5. The van der Waals surface area contributed by atoms with Crippen molar-refractivity contribution in [2.75, 3.05) is 11.1 Å². The van der Waals surface area contributed by atoms with E-state index >= 15 is 0 Å². The molecule has 1 aliphatic carbocycles. The molecule has 1 fully saturated rings. The van der Waals surface area contributed by atoms with E-state index in [0.29, 0.717) is 24.1 Å². The third-order valence-corrected chi connectivity index (χ3v) is 7.37. The zero-order chi connectivity index (χ0) is 24.0. The van der Waals surface area contributed by atoms with Crippen LogP contribution in [-0.2, 0) is 16.0 Å². The zero-order valence-electron chi connectivity index (χ0n) is 18.3. The minimum Gasteiger partial charge on any atom is -0.473 e. The molecule has 2 aromatic heterocycles. The lowest BCUT2D eigenvalue weighted by atomic mass is 9.96. The van der Waals surface area contributed by atoms with Crippen LogP contribution in [0, 0.1) is 12.8 Å². The molecule has 0 amide bonds. The minimum atomic E-state index is -4.71. The summed E-state index contributed by atoms with van der Waals surface area (Å²) in [5.74, 6) is -0.430. The summed E-state index contributed by atoms with van der Waals surface area (Å²) in [4.78, 5) is 7.94. The van der Waals surface area contributed by atoms with Gasteiger partial charge in [0.2, 0.25) is 17.5 Å². The molecule has 0 atom stereocenters. The Kier molecular flexibility index (Phi) is 5.97. The van der Waals surface area contributed by atoms with Crippen LogP contribution in [0.4, 0.5) is 24.8 Å². The molecule has 8 nitrogen and oxygen atoms in total. The number of alkyl halides is 3. The summed E-state index contributed by atoms with van der Waals surface area (Å²) in [6.45, 7) is 5.38. The first-order chi connectivity index (χ1) is 15.4. The van der Waals surface area contributed by atoms with Crippen LogP contribution < -0.4 is 10.1 Å². The average molecular weight is 484 g/mol. The van der Waals surface area contributed by atoms with E-state index in [1.807, 2.05) is 13.8 Å². The van der Waals surface area contributed by atoms with E-state index in [0.717, 1.165) is 17.1 Å². The smallest absolute Gasteiger partial charge is 0.438 e. The largest absolute Gasteiger partial charge is 0.473 e. The summed E-state index contributed by atoms with van der Waals surface area (Å²) in [7, 11) is -3.42. The van der Waals surface area contributed by atoms with Gasteiger partial charge >= 0.3 is 6.18 Å². The fourth-order valence-corrected chi connectivity index (χ4v) is 5.16. The second kappa shape index (κ2) is 8.47. The van der Waals surface area contributed by atoms with Crippen LogP contribution in [0.15, 0.2) is 29.3 Å². The number of nitrogens with zero attached hydrogens (tertiary/aromatic N) is 4. The highest BCUT2D eigenvalue weighted by molar-refractivity contribution is 7.91. The van der Waals surface area contributed by atoms with Crippen molar-refractivity contribution in [1.82, 2.24) is 19.6 Å². The Morgan fingerprint density at radius 3 is 2.58 bits per heavy atom. The van der Waals surface area contributed by atoms with Crippen LogP contribution in [-0.4, -0.2) is 39.9 Å². The van der Waals surface area contributed by atoms with E-state index in [1.165, 1.54) is 6.07 Å². The second-order valence-electron chi connectivity index (χ2n) is 8.56. The number of nitrogens with one attached hydrogen (secondary N) is 1. The number of hydrogen-bond donors (Lipinski definition) is 1. The van der Waals surface area contributed by atoms with Crippen LogP contribution in [0.3, 0.4) is 0 Å². The normalized spacial score (nSPS) is 15.1. The van der Waals surface area contributed by atoms with Crippen molar-refractivity contribution in [1.29, 1.82) is 0 Å². The van der Waals surface area contributed by atoms with Crippen LogP contribution >= 0.6 is 0 Å². The quantitative estimate of drug-likeness (QED) is 0.526. The number of aromatic nitrogens is 4. The SMILES string of the molecule is Cc1cc(S(=O)(=O)CC(C)C)ccc1Nc1nc2cnc(C(F)(F)F)c(OC3CCC3)n2n1. The van der Waals surface area contributed by atoms with Gasteiger partial charge in [0.1, 0.15) is 6.10 Å². The van der Waals surface area contributed by atoms with Gasteiger partial charge in [-0.2, -0.15) is 22.7 Å². The van der Waals surface area contributed by atoms with Crippen molar-refractivity contribution in [2.45, 2.75) is 57.2 Å². The Morgan fingerprint density at radius 2 is 2.00 bits per heavy atom. The molecule has 3 aromatic rings. The van der Waals surface area contributed by atoms with Crippen LogP contribution in [0.1, 0.15) is 44.4 Å². The van der Waals surface area contributed by atoms with Gasteiger partial charge in [-0.15, -0.1) is 5.10 Å². The Balaban J connectivity index is 1.66. The lowest BCUT2D eigenvalue weighted by Gasteiger charge is -2.27. The zero-order valence-corrected chi connectivity index (χ0v) is 19.2. The minimum absolute atomic E-state index is 0.0122. The fraction of sp³-hybridized carbons (Fsp3) is 0.476. The standard InChI is InChI=1S/C21H24F3N5O3S/c1-12(2)11-33(30,31)15-7-8-16(13(3)9-15)26-20-27-17-10-25-18(21(22,23)24)19(29(17)28-20)32-14-5-4-6-14/h7-10,12,14H,4-6,11H2,1-3H3,(H,26,28).